The maximum absolute atomic E-state index is 13.5. The Labute approximate surface area is 175 Å². The standard InChI is InChI=1S/C21H28N4O5/c1-14(26)24-10-15-11-25(13-21(15,12-24)20(28)23-8-4-5-9-23)19(27)16-6-7-17(29-2)22-18(16)30-3/h6-7,15H,4-5,8-13H2,1-3H3/t15-,21-/m0/s1. The predicted molar refractivity (Wildman–Crippen MR) is 107 cm³/mol. The van der Waals surface area contributed by atoms with E-state index < -0.39 is 5.41 Å². The summed E-state index contributed by atoms with van der Waals surface area (Å²) in [6.07, 6.45) is 2.00. The van der Waals surface area contributed by atoms with E-state index in [0.717, 1.165) is 25.9 Å². The van der Waals surface area contributed by atoms with Crippen LogP contribution < -0.4 is 9.47 Å². The third-order valence-electron chi connectivity index (χ3n) is 6.63. The van der Waals surface area contributed by atoms with Crippen molar-refractivity contribution in [1.82, 2.24) is 19.7 Å². The zero-order valence-electron chi connectivity index (χ0n) is 17.7. The topological polar surface area (TPSA) is 92.3 Å². The van der Waals surface area contributed by atoms with E-state index in [4.69, 9.17) is 9.47 Å². The molecule has 1 aromatic heterocycles. The second kappa shape index (κ2) is 7.77. The van der Waals surface area contributed by atoms with E-state index >= 15 is 0 Å². The molecular weight excluding hydrogens is 388 g/mol. The average Bonchev–Trinajstić information content (AvgIpc) is 3.47. The first-order valence-corrected chi connectivity index (χ1v) is 10.3. The number of pyridine rings is 1. The summed E-state index contributed by atoms with van der Waals surface area (Å²) in [6.45, 7) is 4.62. The van der Waals surface area contributed by atoms with Gasteiger partial charge >= 0.3 is 0 Å². The van der Waals surface area contributed by atoms with Crippen LogP contribution in [0, 0.1) is 11.3 Å². The van der Waals surface area contributed by atoms with E-state index in [9.17, 15) is 14.4 Å². The average molecular weight is 416 g/mol. The van der Waals surface area contributed by atoms with E-state index in [-0.39, 0.29) is 29.5 Å². The van der Waals surface area contributed by atoms with Crippen LogP contribution >= 0.6 is 0 Å². The first-order chi connectivity index (χ1) is 14.4. The van der Waals surface area contributed by atoms with Crippen LogP contribution in [-0.2, 0) is 9.59 Å². The van der Waals surface area contributed by atoms with Gasteiger partial charge < -0.3 is 24.2 Å². The van der Waals surface area contributed by atoms with Crippen LogP contribution in [0.5, 0.6) is 11.8 Å². The molecule has 3 saturated heterocycles. The largest absolute Gasteiger partial charge is 0.481 e. The number of fused-ring (bicyclic) bond motifs is 1. The van der Waals surface area contributed by atoms with Crippen LogP contribution in [-0.4, -0.2) is 90.9 Å². The molecule has 162 valence electrons. The van der Waals surface area contributed by atoms with Crippen molar-refractivity contribution in [2.75, 3.05) is 53.5 Å². The van der Waals surface area contributed by atoms with E-state index in [1.807, 2.05) is 4.90 Å². The van der Waals surface area contributed by atoms with Gasteiger partial charge in [-0.2, -0.15) is 4.98 Å². The molecule has 0 unspecified atom stereocenters. The van der Waals surface area contributed by atoms with E-state index in [1.165, 1.54) is 21.1 Å². The Morgan fingerprint density at radius 1 is 1.00 bits per heavy atom. The van der Waals surface area contributed by atoms with Crippen LogP contribution in [0.4, 0.5) is 0 Å². The van der Waals surface area contributed by atoms with Crippen molar-refractivity contribution in [1.29, 1.82) is 0 Å². The molecule has 3 amide bonds. The van der Waals surface area contributed by atoms with Gasteiger partial charge in [0.2, 0.25) is 23.6 Å². The van der Waals surface area contributed by atoms with Gasteiger partial charge in [-0.15, -0.1) is 0 Å². The molecule has 0 aromatic carbocycles. The molecule has 3 fully saturated rings. The molecule has 0 saturated carbocycles. The molecule has 1 aromatic rings. The van der Waals surface area contributed by atoms with Gasteiger partial charge in [0.05, 0.1) is 19.6 Å². The number of rotatable bonds is 4. The molecule has 9 nitrogen and oxygen atoms in total. The molecule has 3 aliphatic heterocycles. The molecule has 4 heterocycles. The van der Waals surface area contributed by atoms with Crippen molar-refractivity contribution in [2.24, 2.45) is 11.3 Å². The third kappa shape index (κ3) is 3.26. The number of hydrogen-bond acceptors (Lipinski definition) is 6. The molecule has 0 N–H and O–H groups in total. The Balaban J connectivity index is 1.61. The van der Waals surface area contributed by atoms with Crippen molar-refractivity contribution in [3.05, 3.63) is 17.7 Å². The predicted octanol–water partition coefficient (Wildman–Crippen LogP) is 0.642. The lowest BCUT2D eigenvalue weighted by Crippen LogP contribution is -2.49. The van der Waals surface area contributed by atoms with Crippen molar-refractivity contribution in [2.45, 2.75) is 19.8 Å². The smallest absolute Gasteiger partial charge is 0.259 e. The first kappa shape index (κ1) is 20.4. The minimum Gasteiger partial charge on any atom is -0.481 e. The third-order valence-corrected chi connectivity index (χ3v) is 6.63. The summed E-state index contributed by atoms with van der Waals surface area (Å²) in [5, 5.41) is 0. The number of methoxy groups -OCH3 is 2. The van der Waals surface area contributed by atoms with Gasteiger partial charge in [0.1, 0.15) is 5.56 Å². The molecule has 0 aliphatic carbocycles. The van der Waals surface area contributed by atoms with Crippen molar-refractivity contribution >= 4 is 17.7 Å². The van der Waals surface area contributed by atoms with Gasteiger partial charge in [-0.1, -0.05) is 0 Å². The molecule has 4 rings (SSSR count). The Morgan fingerprint density at radius 3 is 2.30 bits per heavy atom. The molecule has 9 heteroatoms. The number of carbonyl (C=O) groups excluding carboxylic acids is 3. The van der Waals surface area contributed by atoms with Gasteiger partial charge in [-0.3, -0.25) is 14.4 Å². The number of aromatic nitrogens is 1. The van der Waals surface area contributed by atoms with Gasteiger partial charge in [-0.25, -0.2) is 0 Å². The first-order valence-electron chi connectivity index (χ1n) is 10.3. The van der Waals surface area contributed by atoms with Crippen LogP contribution in [0.25, 0.3) is 0 Å². The van der Waals surface area contributed by atoms with Gasteiger partial charge in [-0.05, 0) is 18.9 Å². The van der Waals surface area contributed by atoms with Crippen molar-refractivity contribution in [3.63, 3.8) is 0 Å². The Kier molecular flexibility index (Phi) is 5.29. The zero-order chi connectivity index (χ0) is 21.5. The summed E-state index contributed by atoms with van der Waals surface area (Å²) >= 11 is 0. The molecule has 0 spiro atoms. The number of carbonyl (C=O) groups is 3. The maximum Gasteiger partial charge on any atom is 0.259 e. The fraction of sp³-hybridized carbons (Fsp3) is 0.619. The lowest BCUT2D eigenvalue weighted by molar-refractivity contribution is -0.141. The minimum atomic E-state index is -0.737. The molecule has 0 bridgehead atoms. The highest BCUT2D eigenvalue weighted by Crippen LogP contribution is 2.45. The van der Waals surface area contributed by atoms with Gasteiger partial charge in [0.15, 0.2) is 0 Å². The molecule has 0 radical (unpaired) electrons. The summed E-state index contributed by atoms with van der Waals surface area (Å²) in [7, 11) is 2.96. The van der Waals surface area contributed by atoms with Crippen LogP contribution in [0.15, 0.2) is 12.1 Å². The van der Waals surface area contributed by atoms with E-state index in [2.05, 4.69) is 4.98 Å². The monoisotopic (exact) mass is 416 g/mol. The SMILES string of the molecule is COc1ccc(C(=O)N2C[C@@H]3CN(C(C)=O)C[C@]3(C(=O)N3CCCC3)C2)c(OC)n1. The number of likely N-dealkylation sites (tertiary alicyclic amines) is 3. The fourth-order valence-electron chi connectivity index (χ4n) is 5.02. The highest BCUT2D eigenvalue weighted by Gasteiger charge is 2.60. The Morgan fingerprint density at radius 2 is 1.67 bits per heavy atom. The number of ether oxygens (including phenoxy) is 2. The molecular formula is C21H28N4O5. The lowest BCUT2D eigenvalue weighted by Gasteiger charge is -2.32. The van der Waals surface area contributed by atoms with E-state index in [0.29, 0.717) is 37.6 Å². The highest BCUT2D eigenvalue weighted by atomic mass is 16.5. The second-order valence-corrected chi connectivity index (χ2v) is 8.35. The Bertz CT molecular complexity index is 869. The number of amides is 3. The van der Waals surface area contributed by atoms with Crippen LogP contribution in [0.1, 0.15) is 30.1 Å². The van der Waals surface area contributed by atoms with E-state index in [1.54, 1.807) is 21.9 Å². The van der Waals surface area contributed by atoms with Gasteiger partial charge in [0.25, 0.3) is 5.91 Å². The van der Waals surface area contributed by atoms with Crippen LogP contribution in [0.3, 0.4) is 0 Å². The molecule has 3 aliphatic rings. The molecule has 2 atom stereocenters. The summed E-state index contributed by atoms with van der Waals surface area (Å²) in [6, 6.07) is 3.26. The van der Waals surface area contributed by atoms with Crippen molar-refractivity contribution < 1.29 is 23.9 Å². The number of nitrogens with zero attached hydrogens (tertiary/aromatic N) is 4. The molecule has 30 heavy (non-hydrogen) atoms. The summed E-state index contributed by atoms with van der Waals surface area (Å²) < 4.78 is 10.4. The van der Waals surface area contributed by atoms with Crippen LogP contribution in [0.2, 0.25) is 0 Å². The minimum absolute atomic E-state index is 0.0307. The maximum atomic E-state index is 13.5. The Hall–Kier alpha value is -2.84. The van der Waals surface area contributed by atoms with Gasteiger partial charge in [0, 0.05) is 58.2 Å². The highest BCUT2D eigenvalue weighted by molar-refractivity contribution is 5.98. The normalized spacial score (nSPS) is 25.4. The summed E-state index contributed by atoms with van der Waals surface area (Å²) in [5.41, 5.74) is -0.399. The zero-order valence-corrected chi connectivity index (χ0v) is 17.7. The lowest BCUT2D eigenvalue weighted by atomic mass is 9.79. The summed E-state index contributed by atoms with van der Waals surface area (Å²) in [5.74, 6) is 0.303. The second-order valence-electron chi connectivity index (χ2n) is 8.35. The quantitative estimate of drug-likeness (QED) is 0.715. The summed E-state index contributed by atoms with van der Waals surface area (Å²) in [4.78, 5) is 48.4. The fourth-order valence-corrected chi connectivity index (χ4v) is 5.02. The van der Waals surface area contributed by atoms with Crippen molar-refractivity contribution in [3.8, 4) is 11.8 Å². The number of hydrogen-bond donors (Lipinski definition) is 0.